The Morgan fingerprint density at radius 1 is 1.41 bits per heavy atom. The van der Waals surface area contributed by atoms with E-state index in [1.54, 1.807) is 7.11 Å². The fraction of sp³-hybridized carbons (Fsp3) is 0.462. The summed E-state index contributed by atoms with van der Waals surface area (Å²) in [4.78, 5) is 11.9. The van der Waals surface area contributed by atoms with Crippen molar-refractivity contribution in [2.24, 2.45) is 5.92 Å². The van der Waals surface area contributed by atoms with Crippen LogP contribution in [0.4, 0.5) is 0 Å². The van der Waals surface area contributed by atoms with Gasteiger partial charge in [0, 0.05) is 10.0 Å². The number of methoxy groups -OCH3 is 2. The standard InChI is InChI=1S/C13H15BrO3/c1-16-11-6-5-9(14)7-10(11)12(8-3-4-8)13(15)17-2/h5-8,12H,3-4H2,1-2H3. The van der Waals surface area contributed by atoms with Crippen LogP contribution in [0.5, 0.6) is 5.75 Å². The summed E-state index contributed by atoms with van der Waals surface area (Å²) in [5.41, 5.74) is 0.913. The first-order valence-electron chi connectivity index (χ1n) is 5.58. The minimum atomic E-state index is -0.201. The molecule has 0 amide bonds. The molecule has 0 saturated heterocycles. The highest BCUT2D eigenvalue weighted by atomic mass is 79.9. The summed E-state index contributed by atoms with van der Waals surface area (Å²) >= 11 is 3.43. The molecule has 1 atom stereocenters. The molecule has 0 aromatic heterocycles. The third-order valence-electron chi connectivity index (χ3n) is 3.08. The Morgan fingerprint density at radius 3 is 2.65 bits per heavy atom. The number of rotatable bonds is 4. The molecule has 1 aliphatic carbocycles. The van der Waals surface area contributed by atoms with E-state index in [0.717, 1.165) is 28.6 Å². The van der Waals surface area contributed by atoms with Gasteiger partial charge in [0.15, 0.2) is 0 Å². The van der Waals surface area contributed by atoms with Gasteiger partial charge in [0.2, 0.25) is 0 Å². The van der Waals surface area contributed by atoms with Gasteiger partial charge >= 0.3 is 5.97 Å². The van der Waals surface area contributed by atoms with Crippen molar-refractivity contribution in [1.82, 2.24) is 0 Å². The fourth-order valence-electron chi connectivity index (χ4n) is 2.08. The van der Waals surface area contributed by atoms with E-state index >= 15 is 0 Å². The lowest BCUT2D eigenvalue weighted by molar-refractivity contribution is -0.143. The van der Waals surface area contributed by atoms with Gasteiger partial charge in [-0.15, -0.1) is 0 Å². The van der Waals surface area contributed by atoms with Crippen LogP contribution in [0.15, 0.2) is 22.7 Å². The van der Waals surface area contributed by atoms with Crippen molar-refractivity contribution in [3.8, 4) is 5.75 Å². The van der Waals surface area contributed by atoms with E-state index in [9.17, 15) is 4.79 Å². The molecule has 0 radical (unpaired) electrons. The van der Waals surface area contributed by atoms with E-state index in [2.05, 4.69) is 15.9 Å². The maximum atomic E-state index is 11.9. The summed E-state index contributed by atoms with van der Waals surface area (Å²) in [5.74, 6) is 0.762. The highest BCUT2D eigenvalue weighted by Gasteiger charge is 2.39. The summed E-state index contributed by atoms with van der Waals surface area (Å²) in [6, 6.07) is 5.72. The Kier molecular flexibility index (Phi) is 3.72. The molecule has 0 spiro atoms. The molecular formula is C13H15BrO3. The minimum absolute atomic E-state index is 0.177. The van der Waals surface area contributed by atoms with Crippen LogP contribution < -0.4 is 4.74 Å². The van der Waals surface area contributed by atoms with Gasteiger partial charge in [-0.05, 0) is 37.0 Å². The van der Waals surface area contributed by atoms with Gasteiger partial charge in [-0.25, -0.2) is 0 Å². The monoisotopic (exact) mass is 298 g/mol. The van der Waals surface area contributed by atoms with Gasteiger partial charge in [-0.1, -0.05) is 15.9 Å². The molecule has 0 heterocycles. The molecule has 0 aliphatic heterocycles. The molecule has 1 saturated carbocycles. The van der Waals surface area contributed by atoms with E-state index in [0.29, 0.717) is 5.92 Å². The third-order valence-corrected chi connectivity index (χ3v) is 3.57. The molecule has 4 heteroatoms. The number of hydrogen-bond donors (Lipinski definition) is 0. The van der Waals surface area contributed by atoms with Gasteiger partial charge in [0.1, 0.15) is 5.75 Å². The number of halogens is 1. The Hall–Kier alpha value is -1.03. The van der Waals surface area contributed by atoms with Crippen LogP contribution in [-0.4, -0.2) is 20.2 Å². The Morgan fingerprint density at radius 2 is 2.12 bits per heavy atom. The van der Waals surface area contributed by atoms with Crippen LogP contribution >= 0.6 is 15.9 Å². The maximum absolute atomic E-state index is 11.9. The lowest BCUT2D eigenvalue weighted by atomic mass is 9.93. The van der Waals surface area contributed by atoms with Crippen LogP contribution in [-0.2, 0) is 9.53 Å². The van der Waals surface area contributed by atoms with Gasteiger partial charge in [0.25, 0.3) is 0 Å². The van der Waals surface area contributed by atoms with Crippen LogP contribution in [0, 0.1) is 5.92 Å². The Labute approximate surface area is 109 Å². The first-order chi connectivity index (χ1) is 8.17. The highest BCUT2D eigenvalue weighted by molar-refractivity contribution is 9.10. The first-order valence-corrected chi connectivity index (χ1v) is 6.38. The number of ether oxygens (including phenoxy) is 2. The molecule has 1 fully saturated rings. The molecule has 3 nitrogen and oxygen atoms in total. The zero-order valence-corrected chi connectivity index (χ0v) is 11.5. The molecule has 1 aromatic rings. The largest absolute Gasteiger partial charge is 0.496 e. The summed E-state index contributed by atoms with van der Waals surface area (Å²) < 4.78 is 11.2. The summed E-state index contributed by atoms with van der Waals surface area (Å²) in [6.45, 7) is 0. The maximum Gasteiger partial charge on any atom is 0.313 e. The summed E-state index contributed by atoms with van der Waals surface area (Å²) in [5, 5.41) is 0. The van der Waals surface area contributed by atoms with Crippen molar-refractivity contribution in [2.45, 2.75) is 18.8 Å². The third kappa shape index (κ3) is 2.63. The zero-order chi connectivity index (χ0) is 12.4. The van der Waals surface area contributed by atoms with Crippen LogP contribution in [0.2, 0.25) is 0 Å². The molecule has 92 valence electrons. The summed E-state index contributed by atoms with van der Waals surface area (Å²) in [6.07, 6.45) is 2.16. The normalized spacial score (nSPS) is 16.4. The quantitative estimate of drug-likeness (QED) is 0.801. The lowest BCUT2D eigenvalue weighted by Crippen LogP contribution is -2.17. The number of carbonyl (C=O) groups excluding carboxylic acids is 1. The second kappa shape index (κ2) is 5.08. The number of benzene rings is 1. The van der Waals surface area contributed by atoms with Crippen molar-refractivity contribution in [2.75, 3.05) is 14.2 Å². The topological polar surface area (TPSA) is 35.5 Å². The van der Waals surface area contributed by atoms with Crippen LogP contribution in [0.1, 0.15) is 24.3 Å². The van der Waals surface area contributed by atoms with Crippen LogP contribution in [0.25, 0.3) is 0 Å². The number of carbonyl (C=O) groups is 1. The van der Waals surface area contributed by atoms with E-state index in [4.69, 9.17) is 9.47 Å². The molecule has 1 unspecified atom stereocenters. The Balaban J connectivity index is 2.40. The fourth-order valence-corrected chi connectivity index (χ4v) is 2.46. The Bertz CT molecular complexity index is 427. The van der Waals surface area contributed by atoms with E-state index in [1.807, 2.05) is 18.2 Å². The predicted molar refractivity (Wildman–Crippen MR) is 68.2 cm³/mol. The average Bonchev–Trinajstić information content (AvgIpc) is 3.14. The molecular weight excluding hydrogens is 284 g/mol. The minimum Gasteiger partial charge on any atom is -0.496 e. The summed E-state index contributed by atoms with van der Waals surface area (Å²) in [7, 11) is 3.05. The van der Waals surface area contributed by atoms with Crippen molar-refractivity contribution >= 4 is 21.9 Å². The van der Waals surface area contributed by atoms with E-state index < -0.39 is 0 Å². The smallest absolute Gasteiger partial charge is 0.313 e. The molecule has 17 heavy (non-hydrogen) atoms. The predicted octanol–water partition coefficient (Wildman–Crippen LogP) is 3.12. The van der Waals surface area contributed by atoms with E-state index in [1.165, 1.54) is 7.11 Å². The molecule has 0 N–H and O–H groups in total. The second-order valence-electron chi connectivity index (χ2n) is 4.22. The molecule has 2 rings (SSSR count). The van der Waals surface area contributed by atoms with Crippen molar-refractivity contribution in [1.29, 1.82) is 0 Å². The number of hydrogen-bond acceptors (Lipinski definition) is 3. The molecule has 0 bridgehead atoms. The number of esters is 1. The highest BCUT2D eigenvalue weighted by Crippen LogP contribution is 2.46. The van der Waals surface area contributed by atoms with E-state index in [-0.39, 0.29) is 11.9 Å². The SMILES string of the molecule is COC(=O)C(c1cc(Br)ccc1OC)C1CC1. The van der Waals surface area contributed by atoms with Crippen LogP contribution in [0.3, 0.4) is 0 Å². The van der Waals surface area contributed by atoms with Crippen molar-refractivity contribution in [3.63, 3.8) is 0 Å². The zero-order valence-electron chi connectivity index (χ0n) is 9.90. The lowest BCUT2D eigenvalue weighted by Gasteiger charge is -2.17. The van der Waals surface area contributed by atoms with Crippen molar-refractivity contribution in [3.05, 3.63) is 28.2 Å². The average molecular weight is 299 g/mol. The van der Waals surface area contributed by atoms with Gasteiger partial charge < -0.3 is 9.47 Å². The van der Waals surface area contributed by atoms with Gasteiger partial charge in [-0.2, -0.15) is 0 Å². The molecule has 1 aromatic carbocycles. The second-order valence-corrected chi connectivity index (χ2v) is 5.14. The first kappa shape index (κ1) is 12.4. The molecule has 1 aliphatic rings. The van der Waals surface area contributed by atoms with Crippen molar-refractivity contribution < 1.29 is 14.3 Å². The van der Waals surface area contributed by atoms with Gasteiger partial charge in [-0.3, -0.25) is 4.79 Å². The van der Waals surface area contributed by atoms with Gasteiger partial charge in [0.05, 0.1) is 20.1 Å².